The predicted octanol–water partition coefficient (Wildman–Crippen LogP) is 1.52. The van der Waals surface area contributed by atoms with Crippen molar-refractivity contribution >= 4 is 11.8 Å². The normalized spacial score (nSPS) is 28.6. The first-order chi connectivity index (χ1) is 9.06. The van der Waals surface area contributed by atoms with Gasteiger partial charge in [-0.05, 0) is 38.7 Å². The summed E-state index contributed by atoms with van der Waals surface area (Å²) >= 11 is 0. The fourth-order valence-corrected chi connectivity index (χ4v) is 2.94. The van der Waals surface area contributed by atoms with E-state index in [0.717, 1.165) is 19.3 Å². The molecule has 2 N–H and O–H groups in total. The molecule has 19 heavy (non-hydrogen) atoms. The van der Waals surface area contributed by atoms with Crippen molar-refractivity contribution in [3.63, 3.8) is 0 Å². The number of aryl methyl sites for hydroxylation is 1. The molecular weight excluding hydrogens is 246 g/mol. The van der Waals surface area contributed by atoms with E-state index >= 15 is 0 Å². The number of nitrogens with zero attached hydrogens (tertiary/aromatic N) is 2. The maximum absolute atomic E-state index is 11.4. The minimum absolute atomic E-state index is 0.147. The molecule has 3 heterocycles. The average Bonchev–Trinajstić information content (AvgIpc) is 2.95. The highest BCUT2D eigenvalue weighted by atomic mass is 16.5. The smallest absolute Gasteiger partial charge is 0.339 e. The van der Waals surface area contributed by atoms with E-state index in [1.165, 1.54) is 0 Å². The van der Waals surface area contributed by atoms with Crippen molar-refractivity contribution in [2.24, 2.45) is 0 Å². The zero-order valence-corrected chi connectivity index (χ0v) is 11.0. The molecule has 0 spiro atoms. The number of ether oxygens (including phenoxy) is 1. The Hall–Kier alpha value is -1.69. The summed E-state index contributed by atoms with van der Waals surface area (Å²) < 4.78 is 5.75. The van der Waals surface area contributed by atoms with Crippen LogP contribution in [0.25, 0.3) is 0 Å². The summed E-state index contributed by atoms with van der Waals surface area (Å²) in [6.45, 7) is 3.52. The zero-order chi connectivity index (χ0) is 13.6. The van der Waals surface area contributed by atoms with Crippen molar-refractivity contribution in [3.05, 3.63) is 16.8 Å². The molecular formula is C13H17N3O3. The number of carbonyl (C=O) groups is 1. The quantitative estimate of drug-likeness (QED) is 0.860. The van der Waals surface area contributed by atoms with Gasteiger partial charge >= 0.3 is 5.97 Å². The Morgan fingerprint density at radius 3 is 2.74 bits per heavy atom. The Bertz CT molecular complexity index is 532. The third kappa shape index (κ3) is 2.06. The SMILES string of the molecule is Cc1nnc(NC2CC3CCC2O3)c(C(=O)O)c1C. The molecule has 0 radical (unpaired) electrons. The van der Waals surface area contributed by atoms with Gasteiger partial charge in [-0.25, -0.2) is 4.79 Å². The Kier molecular flexibility index (Phi) is 2.89. The minimum atomic E-state index is -0.970. The minimum Gasteiger partial charge on any atom is -0.478 e. The van der Waals surface area contributed by atoms with Gasteiger partial charge in [-0.3, -0.25) is 0 Å². The van der Waals surface area contributed by atoms with Crippen LogP contribution in [0.4, 0.5) is 5.82 Å². The molecule has 3 rings (SSSR count). The molecule has 2 aliphatic heterocycles. The van der Waals surface area contributed by atoms with Gasteiger partial charge in [-0.2, -0.15) is 5.10 Å². The predicted molar refractivity (Wildman–Crippen MR) is 68.4 cm³/mol. The van der Waals surface area contributed by atoms with Gasteiger partial charge in [0, 0.05) is 0 Å². The van der Waals surface area contributed by atoms with Crippen LogP contribution in [0.2, 0.25) is 0 Å². The van der Waals surface area contributed by atoms with E-state index in [1.54, 1.807) is 13.8 Å². The first kappa shape index (κ1) is 12.3. The van der Waals surface area contributed by atoms with Crippen LogP contribution in [0, 0.1) is 13.8 Å². The van der Waals surface area contributed by atoms with Crippen LogP contribution < -0.4 is 5.32 Å². The van der Waals surface area contributed by atoms with Crippen molar-refractivity contribution in [1.82, 2.24) is 10.2 Å². The van der Waals surface area contributed by atoms with E-state index in [4.69, 9.17) is 4.74 Å². The number of nitrogens with one attached hydrogen (secondary N) is 1. The molecule has 1 aromatic heterocycles. The van der Waals surface area contributed by atoms with Crippen molar-refractivity contribution in [3.8, 4) is 0 Å². The fraction of sp³-hybridized carbons (Fsp3) is 0.615. The van der Waals surface area contributed by atoms with Crippen LogP contribution >= 0.6 is 0 Å². The highest BCUT2D eigenvalue weighted by molar-refractivity contribution is 5.94. The highest BCUT2D eigenvalue weighted by Gasteiger charge is 2.41. The fourth-order valence-electron chi connectivity index (χ4n) is 2.94. The van der Waals surface area contributed by atoms with E-state index in [9.17, 15) is 9.90 Å². The van der Waals surface area contributed by atoms with Crippen LogP contribution in [-0.2, 0) is 4.74 Å². The third-order valence-electron chi connectivity index (χ3n) is 4.10. The van der Waals surface area contributed by atoms with Crippen LogP contribution in [-0.4, -0.2) is 39.5 Å². The maximum atomic E-state index is 11.4. The Morgan fingerprint density at radius 2 is 2.16 bits per heavy atom. The Balaban J connectivity index is 1.88. The lowest BCUT2D eigenvalue weighted by Gasteiger charge is -2.21. The number of hydrogen-bond acceptors (Lipinski definition) is 5. The largest absolute Gasteiger partial charge is 0.478 e. The topological polar surface area (TPSA) is 84.3 Å². The average molecular weight is 263 g/mol. The zero-order valence-electron chi connectivity index (χ0n) is 11.0. The number of aromatic nitrogens is 2. The van der Waals surface area contributed by atoms with Crippen molar-refractivity contribution in [2.45, 2.75) is 51.4 Å². The summed E-state index contributed by atoms with van der Waals surface area (Å²) in [4.78, 5) is 11.4. The van der Waals surface area contributed by atoms with Gasteiger partial charge < -0.3 is 15.2 Å². The number of carboxylic acid groups (broad SMARTS) is 1. The Morgan fingerprint density at radius 1 is 1.37 bits per heavy atom. The molecule has 6 heteroatoms. The second-order valence-electron chi connectivity index (χ2n) is 5.30. The second-order valence-corrected chi connectivity index (χ2v) is 5.30. The van der Waals surface area contributed by atoms with Gasteiger partial charge in [0.05, 0.1) is 23.9 Å². The second kappa shape index (κ2) is 4.45. The molecule has 3 atom stereocenters. The molecule has 2 saturated heterocycles. The van der Waals surface area contributed by atoms with Gasteiger partial charge in [0.2, 0.25) is 0 Å². The Labute approximate surface area is 111 Å². The summed E-state index contributed by atoms with van der Waals surface area (Å²) in [6, 6.07) is 0.147. The van der Waals surface area contributed by atoms with Gasteiger partial charge in [-0.15, -0.1) is 5.10 Å². The van der Waals surface area contributed by atoms with Gasteiger partial charge in [0.25, 0.3) is 0 Å². The van der Waals surface area contributed by atoms with Gasteiger partial charge in [-0.1, -0.05) is 0 Å². The molecule has 2 fully saturated rings. The maximum Gasteiger partial charge on any atom is 0.339 e. The van der Waals surface area contributed by atoms with Gasteiger partial charge in [0.1, 0.15) is 5.56 Å². The summed E-state index contributed by atoms with van der Waals surface area (Å²) in [7, 11) is 0. The standard InChI is InChI=1S/C13H17N3O3/c1-6-7(2)15-16-12(11(6)13(17)18)14-9-5-8-3-4-10(9)19-8/h8-10H,3-5H2,1-2H3,(H,14,16)(H,17,18). The van der Waals surface area contributed by atoms with E-state index < -0.39 is 5.97 Å². The molecule has 102 valence electrons. The number of rotatable bonds is 3. The van der Waals surface area contributed by atoms with E-state index in [1.807, 2.05) is 0 Å². The number of carboxylic acids is 1. The third-order valence-corrected chi connectivity index (χ3v) is 4.10. The van der Waals surface area contributed by atoms with Crippen LogP contribution in [0.3, 0.4) is 0 Å². The molecule has 3 unspecified atom stereocenters. The van der Waals surface area contributed by atoms with E-state index in [0.29, 0.717) is 23.2 Å². The molecule has 0 saturated carbocycles. The molecule has 0 aliphatic carbocycles. The summed E-state index contributed by atoms with van der Waals surface area (Å²) in [5.74, 6) is -0.612. The van der Waals surface area contributed by atoms with Crippen LogP contribution in [0.1, 0.15) is 40.9 Å². The monoisotopic (exact) mass is 263 g/mol. The number of aromatic carboxylic acids is 1. The first-order valence-electron chi connectivity index (χ1n) is 6.55. The molecule has 0 aromatic carbocycles. The summed E-state index contributed by atoms with van der Waals surface area (Å²) in [5, 5.41) is 20.6. The summed E-state index contributed by atoms with van der Waals surface area (Å²) in [5.41, 5.74) is 1.52. The molecule has 2 bridgehead atoms. The summed E-state index contributed by atoms with van der Waals surface area (Å²) in [6.07, 6.45) is 3.54. The lowest BCUT2D eigenvalue weighted by atomic mass is 9.95. The molecule has 1 aromatic rings. The number of hydrogen-bond donors (Lipinski definition) is 2. The molecule has 0 amide bonds. The molecule has 6 nitrogen and oxygen atoms in total. The number of fused-ring (bicyclic) bond motifs is 2. The van der Waals surface area contributed by atoms with Gasteiger partial charge in [0.15, 0.2) is 5.82 Å². The lowest BCUT2D eigenvalue weighted by Crippen LogP contribution is -2.32. The highest BCUT2D eigenvalue weighted by Crippen LogP contribution is 2.36. The first-order valence-corrected chi connectivity index (χ1v) is 6.55. The van der Waals surface area contributed by atoms with Crippen LogP contribution in [0.15, 0.2) is 0 Å². The lowest BCUT2D eigenvalue weighted by molar-refractivity contribution is 0.0696. The van der Waals surface area contributed by atoms with E-state index in [-0.39, 0.29) is 17.7 Å². The molecule has 2 aliphatic rings. The van der Waals surface area contributed by atoms with Crippen molar-refractivity contribution in [2.75, 3.05) is 5.32 Å². The van der Waals surface area contributed by atoms with Crippen LogP contribution in [0.5, 0.6) is 0 Å². The van der Waals surface area contributed by atoms with Crippen molar-refractivity contribution in [1.29, 1.82) is 0 Å². The van der Waals surface area contributed by atoms with Crippen molar-refractivity contribution < 1.29 is 14.6 Å². The number of anilines is 1. The van der Waals surface area contributed by atoms with E-state index in [2.05, 4.69) is 15.5 Å².